The summed E-state index contributed by atoms with van der Waals surface area (Å²) in [7, 11) is 0. The summed E-state index contributed by atoms with van der Waals surface area (Å²) in [6, 6.07) is 2.59. The molecule has 4 nitrogen and oxygen atoms in total. The number of piperazine rings is 1. The lowest BCUT2D eigenvalue weighted by atomic mass is 10.1. The molecule has 0 amide bonds. The number of carbonyl (C=O) groups is 1. The first-order valence-electron chi connectivity index (χ1n) is 6.88. The Kier molecular flexibility index (Phi) is 4.96. The second kappa shape index (κ2) is 6.50. The van der Waals surface area contributed by atoms with E-state index < -0.39 is 5.97 Å². The van der Waals surface area contributed by atoms with Crippen LogP contribution in [0.1, 0.15) is 35.5 Å². The Balaban J connectivity index is 1.89. The maximum Gasteiger partial charge on any atom is 0.346 e. The zero-order valence-electron chi connectivity index (χ0n) is 11.6. The van der Waals surface area contributed by atoms with Crippen LogP contribution in [0.2, 0.25) is 0 Å². The molecule has 1 aliphatic rings. The van der Waals surface area contributed by atoms with Crippen molar-refractivity contribution in [1.29, 1.82) is 0 Å². The number of aromatic carboxylic acids is 1. The van der Waals surface area contributed by atoms with Crippen molar-refractivity contribution < 1.29 is 9.90 Å². The van der Waals surface area contributed by atoms with Gasteiger partial charge in [0.25, 0.3) is 0 Å². The normalized spacial score (nSPS) is 19.5. The number of thiophene rings is 1. The average Bonchev–Trinajstić information content (AvgIpc) is 2.87. The highest BCUT2D eigenvalue weighted by Gasteiger charge is 2.21. The van der Waals surface area contributed by atoms with Crippen molar-refractivity contribution in [2.24, 2.45) is 0 Å². The Morgan fingerprint density at radius 1 is 1.42 bits per heavy atom. The molecule has 0 spiro atoms. The molecular formula is C14H22N2O2S. The van der Waals surface area contributed by atoms with Crippen LogP contribution in [0.4, 0.5) is 0 Å². The minimum atomic E-state index is -0.803. The summed E-state index contributed by atoms with van der Waals surface area (Å²) in [6.45, 7) is 9.49. The van der Waals surface area contributed by atoms with Crippen LogP contribution in [0.5, 0.6) is 0 Å². The summed E-state index contributed by atoms with van der Waals surface area (Å²) in [6.07, 6.45) is 1.19. The maximum atomic E-state index is 11.1. The van der Waals surface area contributed by atoms with Crippen molar-refractivity contribution in [1.82, 2.24) is 9.80 Å². The predicted octanol–water partition coefficient (Wildman–Crippen LogP) is 2.36. The van der Waals surface area contributed by atoms with E-state index in [0.29, 0.717) is 10.9 Å². The highest BCUT2D eigenvalue weighted by atomic mass is 32.1. The molecule has 1 saturated heterocycles. The van der Waals surface area contributed by atoms with E-state index >= 15 is 0 Å². The minimum Gasteiger partial charge on any atom is -0.477 e. The molecule has 1 aromatic rings. The van der Waals surface area contributed by atoms with Gasteiger partial charge in [-0.2, -0.15) is 0 Å². The van der Waals surface area contributed by atoms with Gasteiger partial charge in [0.2, 0.25) is 0 Å². The van der Waals surface area contributed by atoms with E-state index in [1.54, 1.807) is 0 Å². The molecule has 0 aromatic carbocycles. The van der Waals surface area contributed by atoms with Crippen LogP contribution in [0.3, 0.4) is 0 Å². The van der Waals surface area contributed by atoms with Crippen molar-refractivity contribution in [2.45, 2.75) is 32.9 Å². The van der Waals surface area contributed by atoms with E-state index in [1.807, 2.05) is 11.4 Å². The number of hydrogen-bond acceptors (Lipinski definition) is 4. The lowest BCUT2D eigenvalue weighted by Crippen LogP contribution is -2.49. The minimum absolute atomic E-state index is 0.490. The third-order valence-corrected chi connectivity index (χ3v) is 4.90. The number of carboxylic acid groups (broad SMARTS) is 1. The first-order valence-corrected chi connectivity index (χ1v) is 7.75. The second-order valence-electron chi connectivity index (χ2n) is 5.15. The molecule has 1 fully saturated rings. The molecule has 1 atom stereocenters. The molecule has 1 aromatic heterocycles. The van der Waals surface area contributed by atoms with Gasteiger partial charge in [-0.15, -0.1) is 11.3 Å². The highest BCUT2D eigenvalue weighted by Crippen LogP contribution is 2.19. The molecule has 1 aliphatic heterocycles. The van der Waals surface area contributed by atoms with E-state index in [2.05, 4.69) is 23.6 Å². The number of nitrogens with zero attached hydrogens (tertiary/aromatic N) is 2. The molecule has 1 N–H and O–H groups in total. The average molecular weight is 282 g/mol. The Bertz CT molecular complexity index is 425. The number of rotatable bonds is 5. The number of hydrogen-bond donors (Lipinski definition) is 1. The molecule has 2 rings (SSSR count). The quantitative estimate of drug-likeness (QED) is 0.900. The molecule has 1 unspecified atom stereocenters. The van der Waals surface area contributed by atoms with Gasteiger partial charge < -0.3 is 5.11 Å². The van der Waals surface area contributed by atoms with Crippen LogP contribution >= 0.6 is 11.3 Å². The summed E-state index contributed by atoms with van der Waals surface area (Å²) in [5.41, 5.74) is 0.953. The first kappa shape index (κ1) is 14.5. The topological polar surface area (TPSA) is 43.8 Å². The summed E-state index contributed by atoms with van der Waals surface area (Å²) >= 11 is 1.32. The lowest BCUT2D eigenvalue weighted by molar-refractivity contribution is 0.0696. The maximum absolute atomic E-state index is 11.1. The van der Waals surface area contributed by atoms with Gasteiger partial charge in [-0.25, -0.2) is 4.79 Å². The van der Waals surface area contributed by atoms with Gasteiger partial charge in [0.15, 0.2) is 0 Å². The van der Waals surface area contributed by atoms with Crippen molar-refractivity contribution in [3.05, 3.63) is 21.9 Å². The van der Waals surface area contributed by atoms with Gasteiger partial charge >= 0.3 is 5.97 Å². The molecule has 0 bridgehead atoms. The van der Waals surface area contributed by atoms with E-state index in [9.17, 15) is 4.79 Å². The molecular weight excluding hydrogens is 260 g/mol. The first-order chi connectivity index (χ1) is 9.11. The zero-order chi connectivity index (χ0) is 13.8. The Hall–Kier alpha value is -0.910. The van der Waals surface area contributed by atoms with E-state index in [-0.39, 0.29) is 0 Å². The molecule has 5 heteroatoms. The second-order valence-corrected chi connectivity index (χ2v) is 6.07. The van der Waals surface area contributed by atoms with Crippen molar-refractivity contribution in [2.75, 3.05) is 26.2 Å². The van der Waals surface area contributed by atoms with Crippen LogP contribution < -0.4 is 0 Å². The van der Waals surface area contributed by atoms with Crippen molar-refractivity contribution >= 4 is 17.3 Å². The summed E-state index contributed by atoms with van der Waals surface area (Å²) in [5, 5.41) is 11.0. The van der Waals surface area contributed by atoms with Gasteiger partial charge in [-0.05, 0) is 30.4 Å². The third kappa shape index (κ3) is 3.55. The number of carboxylic acids is 1. The molecule has 0 saturated carbocycles. The Morgan fingerprint density at radius 2 is 2.11 bits per heavy atom. The van der Waals surface area contributed by atoms with Gasteiger partial charge in [-0.3, -0.25) is 9.80 Å². The summed E-state index contributed by atoms with van der Waals surface area (Å²) < 4.78 is 0. The molecule has 19 heavy (non-hydrogen) atoms. The van der Waals surface area contributed by atoms with E-state index in [1.165, 1.54) is 17.8 Å². The van der Waals surface area contributed by atoms with Gasteiger partial charge in [0.1, 0.15) is 4.88 Å². The fourth-order valence-electron chi connectivity index (χ4n) is 2.51. The fraction of sp³-hybridized carbons (Fsp3) is 0.643. The standard InChI is InChI=1S/C14H22N2O2S/c1-3-11(2)16-7-5-15(6-8-16)10-12-4-9-19-13(12)14(17)18/h4,9,11H,3,5-8,10H2,1-2H3,(H,17,18). The van der Waals surface area contributed by atoms with Gasteiger partial charge in [0.05, 0.1) is 0 Å². The Morgan fingerprint density at radius 3 is 2.68 bits per heavy atom. The SMILES string of the molecule is CCC(C)N1CCN(Cc2ccsc2C(=O)O)CC1. The third-order valence-electron chi connectivity index (χ3n) is 3.96. The van der Waals surface area contributed by atoms with E-state index in [4.69, 9.17) is 5.11 Å². The van der Waals surface area contributed by atoms with Crippen LogP contribution in [-0.2, 0) is 6.54 Å². The van der Waals surface area contributed by atoms with Crippen molar-refractivity contribution in [3.8, 4) is 0 Å². The molecule has 106 valence electrons. The highest BCUT2D eigenvalue weighted by molar-refractivity contribution is 7.12. The summed E-state index contributed by atoms with van der Waals surface area (Å²) in [5.74, 6) is -0.803. The fourth-order valence-corrected chi connectivity index (χ4v) is 3.26. The molecule has 0 radical (unpaired) electrons. The van der Waals surface area contributed by atoms with Gasteiger partial charge in [0, 0.05) is 38.8 Å². The van der Waals surface area contributed by atoms with Crippen LogP contribution in [0.25, 0.3) is 0 Å². The molecule has 2 heterocycles. The van der Waals surface area contributed by atoms with Gasteiger partial charge in [-0.1, -0.05) is 6.92 Å². The van der Waals surface area contributed by atoms with Crippen LogP contribution in [-0.4, -0.2) is 53.1 Å². The van der Waals surface area contributed by atoms with Crippen LogP contribution in [0.15, 0.2) is 11.4 Å². The Labute approximate surface area is 118 Å². The van der Waals surface area contributed by atoms with Crippen molar-refractivity contribution in [3.63, 3.8) is 0 Å². The lowest BCUT2D eigenvalue weighted by Gasteiger charge is -2.37. The monoisotopic (exact) mass is 282 g/mol. The van der Waals surface area contributed by atoms with Crippen LogP contribution in [0, 0.1) is 0 Å². The summed E-state index contributed by atoms with van der Waals surface area (Å²) in [4.78, 5) is 16.4. The zero-order valence-corrected chi connectivity index (χ0v) is 12.4. The smallest absolute Gasteiger partial charge is 0.346 e. The van der Waals surface area contributed by atoms with E-state index in [0.717, 1.165) is 38.3 Å². The molecule has 0 aliphatic carbocycles. The predicted molar refractivity (Wildman–Crippen MR) is 77.9 cm³/mol. The largest absolute Gasteiger partial charge is 0.477 e.